The second-order valence-corrected chi connectivity index (χ2v) is 6.12. The number of halogens is 2. The van der Waals surface area contributed by atoms with Crippen LogP contribution in [0.5, 0.6) is 0 Å². The summed E-state index contributed by atoms with van der Waals surface area (Å²) in [5, 5.41) is -0.356. The maximum Gasteiger partial charge on any atom is 0.243 e. The lowest BCUT2D eigenvalue weighted by molar-refractivity contribution is 0.0320. The zero-order valence-electron chi connectivity index (χ0n) is 11.0. The lowest BCUT2D eigenvalue weighted by Gasteiger charge is -2.15. The summed E-state index contributed by atoms with van der Waals surface area (Å²) >= 11 is 5.57. The summed E-state index contributed by atoms with van der Waals surface area (Å²) in [4.78, 5) is -0.602. The highest BCUT2D eigenvalue weighted by Gasteiger charge is 2.23. The van der Waals surface area contributed by atoms with Crippen LogP contribution >= 0.6 is 11.6 Å². The van der Waals surface area contributed by atoms with E-state index >= 15 is 0 Å². The molecule has 1 atom stereocenters. The summed E-state index contributed by atoms with van der Waals surface area (Å²) in [5.74, 6) is -1.05. The monoisotopic (exact) mass is 326 g/mol. The maximum atomic E-state index is 13.8. The van der Waals surface area contributed by atoms with Crippen molar-refractivity contribution in [1.29, 1.82) is 0 Å². The molecular formula is C11H16ClFN2O4S. The summed E-state index contributed by atoms with van der Waals surface area (Å²) in [5.41, 5.74) is 5.52. The van der Waals surface area contributed by atoms with Gasteiger partial charge in [0.05, 0.1) is 17.7 Å². The number of rotatable bonds is 7. The predicted molar refractivity (Wildman–Crippen MR) is 73.7 cm³/mol. The van der Waals surface area contributed by atoms with Crippen molar-refractivity contribution in [3.8, 4) is 0 Å². The van der Waals surface area contributed by atoms with Gasteiger partial charge < -0.3 is 15.2 Å². The molecule has 1 rings (SSSR count). The number of sulfonamides is 1. The van der Waals surface area contributed by atoms with Crippen LogP contribution in [-0.2, 0) is 19.5 Å². The first kappa shape index (κ1) is 17.1. The third kappa shape index (κ3) is 4.29. The number of anilines is 1. The average Bonchev–Trinajstić information content (AvgIpc) is 2.38. The van der Waals surface area contributed by atoms with Gasteiger partial charge in [-0.1, -0.05) is 11.6 Å². The highest BCUT2D eigenvalue weighted by atomic mass is 35.5. The fourth-order valence-corrected chi connectivity index (χ4v) is 2.94. The summed E-state index contributed by atoms with van der Waals surface area (Å²) in [6, 6.07) is 2.14. The zero-order valence-corrected chi connectivity index (χ0v) is 12.6. The van der Waals surface area contributed by atoms with E-state index in [1.165, 1.54) is 14.2 Å². The highest BCUT2D eigenvalue weighted by molar-refractivity contribution is 7.89. The van der Waals surface area contributed by atoms with Crippen molar-refractivity contribution < 1.29 is 22.3 Å². The average molecular weight is 327 g/mol. The molecule has 0 saturated carbocycles. The molecule has 0 saturated heterocycles. The van der Waals surface area contributed by atoms with Crippen LogP contribution in [0.3, 0.4) is 0 Å². The van der Waals surface area contributed by atoms with Gasteiger partial charge in [0.1, 0.15) is 4.90 Å². The number of nitrogen functional groups attached to an aromatic ring is 1. The van der Waals surface area contributed by atoms with Gasteiger partial charge in [-0.15, -0.1) is 0 Å². The van der Waals surface area contributed by atoms with Crippen LogP contribution in [0.25, 0.3) is 0 Å². The molecule has 3 N–H and O–H groups in total. The van der Waals surface area contributed by atoms with Crippen molar-refractivity contribution >= 4 is 27.3 Å². The number of methoxy groups -OCH3 is 2. The summed E-state index contributed by atoms with van der Waals surface area (Å²) in [6.45, 7) is 0.123. The van der Waals surface area contributed by atoms with Crippen molar-refractivity contribution in [3.05, 3.63) is 23.0 Å². The molecular weight excluding hydrogens is 311 g/mol. The number of nitrogens with two attached hydrogens (primary N) is 1. The minimum absolute atomic E-state index is 0.0527. The van der Waals surface area contributed by atoms with E-state index in [1.807, 2.05) is 0 Å². The van der Waals surface area contributed by atoms with E-state index in [2.05, 4.69) is 4.72 Å². The first-order valence-electron chi connectivity index (χ1n) is 5.57. The summed E-state index contributed by atoms with van der Waals surface area (Å²) in [7, 11) is -1.22. The molecule has 6 nitrogen and oxygen atoms in total. The van der Waals surface area contributed by atoms with Crippen LogP contribution in [0, 0.1) is 5.82 Å². The van der Waals surface area contributed by atoms with E-state index in [4.69, 9.17) is 26.8 Å². The third-order valence-corrected chi connectivity index (χ3v) is 4.19. The molecule has 0 fully saturated rings. The van der Waals surface area contributed by atoms with Gasteiger partial charge in [0.25, 0.3) is 0 Å². The Hall–Kier alpha value is -0.930. The van der Waals surface area contributed by atoms with Gasteiger partial charge in [-0.25, -0.2) is 17.5 Å². The summed E-state index contributed by atoms with van der Waals surface area (Å²) in [6.07, 6.45) is -0.491. The van der Waals surface area contributed by atoms with E-state index in [9.17, 15) is 12.8 Å². The van der Waals surface area contributed by atoms with E-state index in [-0.39, 0.29) is 23.9 Å². The smallest absolute Gasteiger partial charge is 0.243 e. The second kappa shape index (κ2) is 7.19. The molecule has 9 heteroatoms. The van der Waals surface area contributed by atoms with Crippen LogP contribution < -0.4 is 10.5 Å². The Bertz CT molecular complexity index is 568. The van der Waals surface area contributed by atoms with Gasteiger partial charge in [0.15, 0.2) is 5.82 Å². The number of ether oxygens (including phenoxy) is 2. The van der Waals surface area contributed by atoms with Gasteiger partial charge in [-0.05, 0) is 12.1 Å². The molecule has 0 aliphatic heterocycles. The Balaban J connectivity index is 2.94. The molecule has 0 spiro atoms. The molecule has 1 aromatic rings. The Morgan fingerprint density at radius 1 is 1.45 bits per heavy atom. The van der Waals surface area contributed by atoms with Crippen molar-refractivity contribution in [2.45, 2.75) is 11.0 Å². The van der Waals surface area contributed by atoms with Crippen LogP contribution in [0.2, 0.25) is 5.02 Å². The predicted octanol–water partition coefficient (Wildman–Crippen LogP) is 1.00. The largest absolute Gasteiger partial charge is 0.399 e. The number of hydrogen-bond donors (Lipinski definition) is 2. The van der Waals surface area contributed by atoms with Crippen molar-refractivity contribution in [2.24, 2.45) is 0 Å². The van der Waals surface area contributed by atoms with Crippen LogP contribution in [0.4, 0.5) is 10.1 Å². The number of nitrogens with one attached hydrogen (secondary N) is 1. The van der Waals surface area contributed by atoms with Crippen molar-refractivity contribution in [1.82, 2.24) is 4.72 Å². The molecule has 0 radical (unpaired) electrons. The molecule has 0 aromatic heterocycles. The quantitative estimate of drug-likeness (QED) is 0.729. The Morgan fingerprint density at radius 2 is 2.10 bits per heavy atom. The molecule has 0 heterocycles. The second-order valence-electron chi connectivity index (χ2n) is 3.98. The van der Waals surface area contributed by atoms with E-state index in [1.54, 1.807) is 0 Å². The highest BCUT2D eigenvalue weighted by Crippen LogP contribution is 2.25. The molecule has 114 valence electrons. The Labute approximate surface area is 122 Å². The van der Waals surface area contributed by atoms with Crippen LogP contribution in [0.15, 0.2) is 17.0 Å². The van der Waals surface area contributed by atoms with Gasteiger partial charge in [0.2, 0.25) is 10.0 Å². The molecule has 1 aromatic carbocycles. The van der Waals surface area contributed by atoms with Crippen molar-refractivity contribution in [2.75, 3.05) is 33.1 Å². The van der Waals surface area contributed by atoms with Gasteiger partial charge >= 0.3 is 0 Å². The summed E-state index contributed by atoms with van der Waals surface area (Å²) < 4.78 is 49.9. The van der Waals surface area contributed by atoms with Crippen LogP contribution in [0.1, 0.15) is 0 Å². The first-order chi connectivity index (χ1) is 9.31. The van der Waals surface area contributed by atoms with E-state index < -0.39 is 26.8 Å². The minimum Gasteiger partial charge on any atom is -0.399 e. The van der Waals surface area contributed by atoms with E-state index in [0.29, 0.717) is 0 Å². The van der Waals surface area contributed by atoms with Gasteiger partial charge in [-0.3, -0.25) is 0 Å². The molecule has 0 aliphatic carbocycles. The van der Waals surface area contributed by atoms with E-state index in [0.717, 1.165) is 12.1 Å². The van der Waals surface area contributed by atoms with Crippen LogP contribution in [-0.4, -0.2) is 41.9 Å². The molecule has 0 amide bonds. The maximum absolute atomic E-state index is 13.8. The zero-order chi connectivity index (χ0) is 15.3. The SMILES string of the molecule is COCC(CNS(=O)(=O)c1cc(N)cc(Cl)c1F)OC. The lowest BCUT2D eigenvalue weighted by atomic mass is 10.3. The first-order valence-corrected chi connectivity index (χ1v) is 7.43. The number of hydrogen-bond acceptors (Lipinski definition) is 5. The Kier molecular flexibility index (Phi) is 6.15. The van der Waals surface area contributed by atoms with Crippen molar-refractivity contribution in [3.63, 3.8) is 0 Å². The molecule has 1 unspecified atom stereocenters. The lowest BCUT2D eigenvalue weighted by Crippen LogP contribution is -2.36. The molecule has 20 heavy (non-hydrogen) atoms. The topological polar surface area (TPSA) is 90.7 Å². The third-order valence-electron chi connectivity index (χ3n) is 2.49. The fraction of sp³-hybridized carbons (Fsp3) is 0.455. The standard InChI is InChI=1S/C11H16ClFN2O4S/c1-18-6-8(19-2)5-15-20(16,17)10-4-7(14)3-9(12)11(10)13/h3-4,8,15H,5-6,14H2,1-2H3. The normalized spacial score (nSPS) is 13.4. The Morgan fingerprint density at radius 3 is 2.65 bits per heavy atom. The molecule has 0 aliphatic rings. The molecule has 0 bridgehead atoms. The number of benzene rings is 1. The fourth-order valence-electron chi connectivity index (χ4n) is 1.46. The van der Waals surface area contributed by atoms with Gasteiger partial charge in [0, 0.05) is 26.5 Å². The van der Waals surface area contributed by atoms with Gasteiger partial charge in [-0.2, -0.15) is 0 Å². The minimum atomic E-state index is -4.08.